The van der Waals surface area contributed by atoms with Crippen molar-refractivity contribution in [3.63, 3.8) is 0 Å². The van der Waals surface area contributed by atoms with E-state index in [0.29, 0.717) is 11.7 Å². The number of nitrogens with zero attached hydrogens (tertiary/aromatic N) is 4. The Hall–Kier alpha value is -3.55. The van der Waals surface area contributed by atoms with Crippen molar-refractivity contribution in [3.05, 3.63) is 48.8 Å². The zero-order chi connectivity index (χ0) is 22.1. The molecule has 2 N–H and O–H groups in total. The monoisotopic (exact) mass is 430 g/mol. The minimum Gasteiger partial charge on any atom is -0.365 e. The molecule has 164 valence electrons. The van der Waals surface area contributed by atoms with Gasteiger partial charge in [-0.1, -0.05) is 12.1 Å². The molecule has 6 rings (SSSR count). The molecule has 3 aromatic rings. The molecular weight excluding hydrogens is 404 g/mol. The first-order valence-corrected chi connectivity index (χ1v) is 11.1. The molecule has 2 amide bonds. The van der Waals surface area contributed by atoms with E-state index in [0.717, 1.165) is 48.1 Å². The van der Waals surface area contributed by atoms with Crippen molar-refractivity contribution < 1.29 is 9.59 Å². The molecule has 1 aromatic carbocycles. The van der Waals surface area contributed by atoms with Gasteiger partial charge in [0.1, 0.15) is 5.82 Å². The molecule has 3 atom stereocenters. The first-order chi connectivity index (χ1) is 15.6. The Labute approximate surface area is 186 Å². The molecule has 2 aliphatic heterocycles. The molecule has 0 radical (unpaired) electrons. The number of carbonyl (C=O) groups is 2. The first kappa shape index (κ1) is 20.4. The van der Waals surface area contributed by atoms with E-state index in [1.165, 1.54) is 6.92 Å². The summed E-state index contributed by atoms with van der Waals surface area (Å²) < 4.78 is 0. The van der Waals surface area contributed by atoms with E-state index in [9.17, 15) is 9.59 Å². The predicted molar refractivity (Wildman–Crippen MR) is 122 cm³/mol. The highest BCUT2D eigenvalue weighted by Gasteiger charge is 2.43. The summed E-state index contributed by atoms with van der Waals surface area (Å²) in [7, 11) is 0. The second kappa shape index (κ2) is 8.53. The lowest BCUT2D eigenvalue weighted by Crippen LogP contribution is -2.61. The summed E-state index contributed by atoms with van der Waals surface area (Å²) in [6, 6.07) is 12.0. The van der Waals surface area contributed by atoms with Crippen LogP contribution in [0.2, 0.25) is 0 Å². The molecule has 2 bridgehead atoms. The van der Waals surface area contributed by atoms with Crippen LogP contribution in [0.1, 0.15) is 26.2 Å². The fourth-order valence-corrected chi connectivity index (χ4v) is 4.92. The SMILES string of the molecule is CC(=O)NCC(=O)N1CC2CCC1C(Nc1nc(-c3cccnc3)nc3ccccc13)C2. The van der Waals surface area contributed by atoms with Gasteiger partial charge in [0.05, 0.1) is 18.1 Å². The van der Waals surface area contributed by atoms with Crippen LogP contribution in [0.3, 0.4) is 0 Å². The van der Waals surface area contributed by atoms with Gasteiger partial charge in [-0.2, -0.15) is 0 Å². The summed E-state index contributed by atoms with van der Waals surface area (Å²) in [5.74, 6) is 1.64. The molecule has 3 aliphatic rings. The number of nitrogens with one attached hydrogen (secondary N) is 2. The molecule has 32 heavy (non-hydrogen) atoms. The predicted octanol–water partition coefficient (Wildman–Crippen LogP) is 2.62. The first-order valence-electron chi connectivity index (χ1n) is 11.1. The smallest absolute Gasteiger partial charge is 0.242 e. The maximum atomic E-state index is 12.8. The van der Waals surface area contributed by atoms with Crippen LogP contribution in [0.15, 0.2) is 48.8 Å². The van der Waals surface area contributed by atoms with Crippen molar-refractivity contribution in [1.82, 2.24) is 25.2 Å². The summed E-state index contributed by atoms with van der Waals surface area (Å²) in [6.07, 6.45) is 6.56. The van der Waals surface area contributed by atoms with Gasteiger partial charge in [-0.25, -0.2) is 9.97 Å². The number of hydrogen-bond acceptors (Lipinski definition) is 6. The lowest BCUT2D eigenvalue weighted by molar-refractivity contribution is -0.139. The highest BCUT2D eigenvalue weighted by Crippen LogP contribution is 2.37. The van der Waals surface area contributed by atoms with Crippen LogP contribution in [0.25, 0.3) is 22.3 Å². The van der Waals surface area contributed by atoms with Crippen LogP contribution in [0.5, 0.6) is 0 Å². The largest absolute Gasteiger partial charge is 0.365 e. The van der Waals surface area contributed by atoms with Gasteiger partial charge in [0.2, 0.25) is 11.8 Å². The molecule has 0 spiro atoms. The fourth-order valence-electron chi connectivity index (χ4n) is 4.92. The number of benzene rings is 1. The number of hydrogen-bond donors (Lipinski definition) is 2. The van der Waals surface area contributed by atoms with Crippen LogP contribution >= 0.6 is 0 Å². The molecule has 2 aromatic heterocycles. The van der Waals surface area contributed by atoms with E-state index in [2.05, 4.69) is 15.6 Å². The van der Waals surface area contributed by atoms with Crippen molar-refractivity contribution in [2.75, 3.05) is 18.4 Å². The van der Waals surface area contributed by atoms with E-state index in [1.807, 2.05) is 41.3 Å². The number of carbonyl (C=O) groups excluding carboxylic acids is 2. The zero-order valence-corrected chi connectivity index (χ0v) is 18.0. The average Bonchev–Trinajstić information content (AvgIpc) is 2.83. The Balaban J connectivity index is 1.45. The Morgan fingerprint density at radius 3 is 2.78 bits per heavy atom. The number of rotatable bonds is 5. The van der Waals surface area contributed by atoms with Crippen molar-refractivity contribution in [3.8, 4) is 11.4 Å². The number of fused-ring (bicyclic) bond motifs is 4. The Morgan fingerprint density at radius 1 is 1.12 bits per heavy atom. The van der Waals surface area contributed by atoms with Crippen LogP contribution < -0.4 is 10.6 Å². The van der Waals surface area contributed by atoms with Gasteiger partial charge in [-0.05, 0) is 49.4 Å². The number of pyridine rings is 1. The Morgan fingerprint density at radius 2 is 2.00 bits per heavy atom. The number of aromatic nitrogens is 3. The maximum Gasteiger partial charge on any atom is 0.242 e. The molecule has 1 saturated carbocycles. The highest BCUT2D eigenvalue weighted by molar-refractivity contribution is 5.91. The van der Waals surface area contributed by atoms with Crippen molar-refractivity contribution >= 4 is 28.5 Å². The average molecular weight is 431 g/mol. The second-order valence-electron chi connectivity index (χ2n) is 8.61. The van der Waals surface area contributed by atoms with Crippen LogP contribution in [0, 0.1) is 5.92 Å². The lowest BCUT2D eigenvalue weighted by Gasteiger charge is -2.50. The summed E-state index contributed by atoms with van der Waals surface area (Å²) in [5.41, 5.74) is 1.72. The molecule has 3 unspecified atom stereocenters. The summed E-state index contributed by atoms with van der Waals surface area (Å²) >= 11 is 0. The fraction of sp³-hybridized carbons (Fsp3) is 0.375. The van der Waals surface area contributed by atoms with E-state index < -0.39 is 0 Å². The molecule has 8 nitrogen and oxygen atoms in total. The molecule has 2 saturated heterocycles. The van der Waals surface area contributed by atoms with Gasteiger partial charge in [0.15, 0.2) is 5.82 Å². The molecular formula is C24H26N6O2. The summed E-state index contributed by atoms with van der Waals surface area (Å²) in [5, 5.41) is 7.26. The van der Waals surface area contributed by atoms with Gasteiger partial charge in [0.25, 0.3) is 0 Å². The Kier molecular flexibility index (Phi) is 5.43. The van der Waals surface area contributed by atoms with Crippen LogP contribution in [0.4, 0.5) is 5.82 Å². The summed E-state index contributed by atoms with van der Waals surface area (Å²) in [6.45, 7) is 2.24. The minimum atomic E-state index is -0.189. The van der Waals surface area contributed by atoms with Crippen LogP contribution in [-0.4, -0.2) is 56.8 Å². The molecule has 8 heteroatoms. The third-order valence-corrected chi connectivity index (χ3v) is 6.43. The number of para-hydroxylation sites is 1. The van der Waals surface area contributed by atoms with Crippen molar-refractivity contribution in [2.24, 2.45) is 5.92 Å². The molecule has 1 aliphatic carbocycles. The normalized spacial score (nSPS) is 22.0. The quantitative estimate of drug-likeness (QED) is 0.646. The van der Waals surface area contributed by atoms with E-state index in [4.69, 9.17) is 9.97 Å². The van der Waals surface area contributed by atoms with Gasteiger partial charge in [0, 0.05) is 42.9 Å². The lowest BCUT2D eigenvalue weighted by atomic mass is 9.76. The van der Waals surface area contributed by atoms with Crippen molar-refractivity contribution in [2.45, 2.75) is 38.3 Å². The van der Waals surface area contributed by atoms with Gasteiger partial charge in [-0.3, -0.25) is 14.6 Å². The van der Waals surface area contributed by atoms with E-state index >= 15 is 0 Å². The second-order valence-corrected chi connectivity index (χ2v) is 8.61. The number of piperidine rings is 2. The van der Waals surface area contributed by atoms with Crippen molar-refractivity contribution in [1.29, 1.82) is 0 Å². The van der Waals surface area contributed by atoms with Gasteiger partial charge < -0.3 is 15.5 Å². The third-order valence-electron chi connectivity index (χ3n) is 6.43. The zero-order valence-electron chi connectivity index (χ0n) is 18.0. The van der Waals surface area contributed by atoms with Gasteiger partial charge >= 0.3 is 0 Å². The number of amides is 2. The molecule has 4 heterocycles. The van der Waals surface area contributed by atoms with Gasteiger partial charge in [-0.15, -0.1) is 0 Å². The minimum absolute atomic E-state index is 0.0232. The molecule has 3 fully saturated rings. The maximum absolute atomic E-state index is 12.8. The third kappa shape index (κ3) is 4.00. The topological polar surface area (TPSA) is 100 Å². The number of anilines is 1. The summed E-state index contributed by atoms with van der Waals surface area (Å²) in [4.78, 5) is 39.8. The Bertz CT molecular complexity index is 1150. The van der Waals surface area contributed by atoms with Crippen LogP contribution in [-0.2, 0) is 9.59 Å². The van der Waals surface area contributed by atoms with E-state index in [-0.39, 0.29) is 30.4 Å². The van der Waals surface area contributed by atoms with E-state index in [1.54, 1.807) is 12.4 Å². The standard InChI is InChI=1S/C24H26N6O2/c1-15(31)26-13-22(32)30-14-16-8-9-21(30)20(11-16)28-24-18-6-2-3-7-19(18)27-23(29-24)17-5-4-10-25-12-17/h2-7,10,12,16,20-21H,8-9,11,13-14H2,1H3,(H,26,31)(H,27,28,29). The highest BCUT2D eigenvalue weighted by atomic mass is 16.2.